The molecule has 0 aromatic heterocycles. The van der Waals surface area contributed by atoms with Crippen molar-refractivity contribution in [2.45, 2.75) is 30.8 Å². The summed E-state index contributed by atoms with van der Waals surface area (Å²) in [7, 11) is 0. The lowest BCUT2D eigenvalue weighted by Gasteiger charge is -2.31. The first-order valence-electron chi connectivity index (χ1n) is 5.46. The van der Waals surface area contributed by atoms with Gasteiger partial charge in [0.2, 0.25) is 0 Å². The molecule has 0 saturated carbocycles. The van der Waals surface area contributed by atoms with Gasteiger partial charge >= 0.3 is 5.97 Å². The molecule has 5 nitrogen and oxygen atoms in total. The molecule has 3 N–H and O–H groups in total. The molecule has 2 rings (SSSR count). The molecule has 2 unspecified atom stereocenters. The van der Waals surface area contributed by atoms with Crippen molar-refractivity contribution >= 4 is 5.97 Å². The molecule has 15 heavy (non-hydrogen) atoms. The second-order valence-electron chi connectivity index (χ2n) is 4.55. The minimum Gasteiger partial charge on any atom is -0.480 e. The molecule has 5 heteroatoms. The summed E-state index contributed by atoms with van der Waals surface area (Å²) in [6, 6.07) is 0.364. The predicted molar refractivity (Wildman–Crippen MR) is 54.6 cm³/mol. The molecule has 86 valence electrons. The summed E-state index contributed by atoms with van der Waals surface area (Å²) < 4.78 is 5.39. The molecule has 0 radical (unpaired) electrons. The Morgan fingerprint density at radius 1 is 1.60 bits per heavy atom. The number of hydrogen-bond donors (Lipinski definition) is 2. The van der Waals surface area contributed by atoms with Crippen molar-refractivity contribution in [1.82, 2.24) is 4.90 Å². The summed E-state index contributed by atoms with van der Waals surface area (Å²) in [5.41, 5.74) is 4.77. The third kappa shape index (κ3) is 2.14. The highest BCUT2D eigenvalue weighted by Crippen LogP contribution is 2.24. The minimum absolute atomic E-state index is 0.364. The van der Waals surface area contributed by atoms with Gasteiger partial charge in [0.15, 0.2) is 0 Å². The summed E-state index contributed by atoms with van der Waals surface area (Å²) in [5, 5.41) is 9.01. The van der Waals surface area contributed by atoms with Crippen LogP contribution in [0.2, 0.25) is 0 Å². The van der Waals surface area contributed by atoms with Crippen LogP contribution < -0.4 is 5.73 Å². The zero-order chi connectivity index (χ0) is 10.9. The molecular weight excluding hydrogens is 196 g/mol. The van der Waals surface area contributed by atoms with Gasteiger partial charge in [-0.1, -0.05) is 0 Å². The van der Waals surface area contributed by atoms with E-state index in [1.807, 2.05) is 0 Å². The van der Waals surface area contributed by atoms with Crippen LogP contribution in [-0.2, 0) is 9.53 Å². The fourth-order valence-electron chi connectivity index (χ4n) is 2.36. The number of carboxylic acids is 1. The number of hydrogen-bond acceptors (Lipinski definition) is 4. The number of nitrogens with two attached hydrogens (primary N) is 1. The molecule has 2 heterocycles. The Labute approximate surface area is 89.2 Å². The van der Waals surface area contributed by atoms with Crippen molar-refractivity contribution < 1.29 is 14.6 Å². The number of nitrogens with zero attached hydrogens (tertiary/aromatic N) is 1. The first kappa shape index (κ1) is 10.9. The molecule has 0 aromatic carbocycles. The minimum atomic E-state index is -1.04. The summed E-state index contributed by atoms with van der Waals surface area (Å²) >= 11 is 0. The van der Waals surface area contributed by atoms with Gasteiger partial charge in [-0.25, -0.2) is 0 Å². The van der Waals surface area contributed by atoms with Gasteiger partial charge in [0.1, 0.15) is 5.54 Å². The number of ether oxygens (including phenoxy) is 1. The highest BCUT2D eigenvalue weighted by atomic mass is 16.5. The van der Waals surface area contributed by atoms with Gasteiger partial charge in [-0.15, -0.1) is 0 Å². The Bertz CT molecular complexity index is 253. The van der Waals surface area contributed by atoms with E-state index in [2.05, 4.69) is 4.90 Å². The average molecular weight is 214 g/mol. The van der Waals surface area contributed by atoms with E-state index in [0.717, 1.165) is 32.6 Å². The summed E-state index contributed by atoms with van der Waals surface area (Å²) in [4.78, 5) is 13.1. The lowest BCUT2D eigenvalue weighted by Crippen LogP contribution is -2.51. The van der Waals surface area contributed by atoms with Crippen LogP contribution in [0.25, 0.3) is 0 Å². The third-order valence-corrected chi connectivity index (χ3v) is 3.41. The fourth-order valence-corrected chi connectivity index (χ4v) is 2.36. The van der Waals surface area contributed by atoms with Gasteiger partial charge < -0.3 is 15.6 Å². The maximum atomic E-state index is 11.0. The second kappa shape index (κ2) is 4.08. The van der Waals surface area contributed by atoms with E-state index < -0.39 is 11.5 Å². The quantitative estimate of drug-likeness (QED) is 0.657. The molecule has 2 aliphatic heterocycles. The lowest BCUT2D eigenvalue weighted by atomic mass is 10.0. The van der Waals surface area contributed by atoms with Gasteiger partial charge in [0.05, 0.1) is 6.61 Å². The lowest BCUT2D eigenvalue weighted by molar-refractivity contribution is -0.142. The molecule has 2 fully saturated rings. The predicted octanol–water partition coefficient (Wildman–Crippen LogP) is -0.347. The zero-order valence-electron chi connectivity index (χ0n) is 8.82. The van der Waals surface area contributed by atoms with Crippen molar-refractivity contribution in [2.24, 2.45) is 5.73 Å². The Morgan fingerprint density at radius 3 is 2.93 bits per heavy atom. The Kier molecular flexibility index (Phi) is 2.95. The van der Waals surface area contributed by atoms with Crippen LogP contribution in [-0.4, -0.2) is 53.9 Å². The fraction of sp³-hybridized carbons (Fsp3) is 0.900. The highest BCUT2D eigenvalue weighted by molar-refractivity contribution is 5.79. The van der Waals surface area contributed by atoms with Crippen LogP contribution in [0.4, 0.5) is 0 Å². The first-order chi connectivity index (χ1) is 7.12. The Morgan fingerprint density at radius 2 is 2.40 bits per heavy atom. The van der Waals surface area contributed by atoms with Crippen LogP contribution >= 0.6 is 0 Å². The SMILES string of the molecule is NC1(C(=O)O)CCN(C2CCCOC2)C1. The number of likely N-dealkylation sites (tertiary alicyclic amines) is 1. The molecule has 0 aromatic rings. The molecule has 0 bridgehead atoms. The van der Waals surface area contributed by atoms with E-state index in [-0.39, 0.29) is 0 Å². The monoisotopic (exact) mass is 214 g/mol. The van der Waals surface area contributed by atoms with E-state index in [1.165, 1.54) is 0 Å². The van der Waals surface area contributed by atoms with Gasteiger partial charge in [0, 0.05) is 25.7 Å². The average Bonchev–Trinajstić information content (AvgIpc) is 2.64. The van der Waals surface area contributed by atoms with Crippen LogP contribution in [0, 0.1) is 0 Å². The van der Waals surface area contributed by atoms with Crippen molar-refractivity contribution in [3.8, 4) is 0 Å². The van der Waals surface area contributed by atoms with Gasteiger partial charge in [0.25, 0.3) is 0 Å². The number of carboxylic acid groups (broad SMARTS) is 1. The standard InChI is InChI=1S/C10H18N2O3/c11-10(9(13)14)3-4-12(7-10)8-2-1-5-15-6-8/h8H,1-7,11H2,(H,13,14). The summed E-state index contributed by atoms with van der Waals surface area (Å²) in [6.07, 6.45) is 2.69. The maximum Gasteiger partial charge on any atom is 0.325 e. The normalized spacial score (nSPS) is 38.1. The molecule has 0 aliphatic carbocycles. The van der Waals surface area contributed by atoms with E-state index in [4.69, 9.17) is 15.6 Å². The van der Waals surface area contributed by atoms with Gasteiger partial charge in [-0.3, -0.25) is 9.69 Å². The Hall–Kier alpha value is -0.650. The second-order valence-corrected chi connectivity index (χ2v) is 4.55. The largest absolute Gasteiger partial charge is 0.480 e. The molecular formula is C10H18N2O3. The van der Waals surface area contributed by atoms with E-state index in [9.17, 15) is 4.79 Å². The van der Waals surface area contributed by atoms with E-state index in [1.54, 1.807) is 0 Å². The van der Waals surface area contributed by atoms with Crippen molar-refractivity contribution in [1.29, 1.82) is 0 Å². The molecule has 0 spiro atoms. The summed E-state index contributed by atoms with van der Waals surface area (Å²) in [5.74, 6) is -0.887. The zero-order valence-corrected chi connectivity index (χ0v) is 8.82. The van der Waals surface area contributed by atoms with E-state index in [0.29, 0.717) is 19.0 Å². The molecule has 2 atom stereocenters. The smallest absolute Gasteiger partial charge is 0.325 e. The van der Waals surface area contributed by atoms with Gasteiger partial charge in [-0.2, -0.15) is 0 Å². The summed E-state index contributed by atoms with van der Waals surface area (Å²) in [6.45, 7) is 2.78. The third-order valence-electron chi connectivity index (χ3n) is 3.41. The number of rotatable bonds is 2. The van der Waals surface area contributed by atoms with Gasteiger partial charge in [-0.05, 0) is 19.3 Å². The maximum absolute atomic E-state index is 11.0. The number of carbonyl (C=O) groups is 1. The van der Waals surface area contributed by atoms with Crippen molar-refractivity contribution in [2.75, 3.05) is 26.3 Å². The first-order valence-corrected chi connectivity index (χ1v) is 5.46. The van der Waals surface area contributed by atoms with E-state index >= 15 is 0 Å². The topological polar surface area (TPSA) is 75.8 Å². The molecule has 2 aliphatic rings. The Balaban J connectivity index is 1.94. The van der Waals surface area contributed by atoms with Crippen LogP contribution in [0.5, 0.6) is 0 Å². The highest BCUT2D eigenvalue weighted by Gasteiger charge is 2.43. The number of aliphatic carboxylic acids is 1. The van der Waals surface area contributed by atoms with Crippen LogP contribution in [0.3, 0.4) is 0 Å². The molecule has 0 amide bonds. The molecule has 2 saturated heterocycles. The van der Waals surface area contributed by atoms with Crippen LogP contribution in [0.15, 0.2) is 0 Å². The van der Waals surface area contributed by atoms with Crippen LogP contribution in [0.1, 0.15) is 19.3 Å². The van der Waals surface area contributed by atoms with Crippen molar-refractivity contribution in [3.63, 3.8) is 0 Å². The van der Waals surface area contributed by atoms with Crippen molar-refractivity contribution in [3.05, 3.63) is 0 Å².